The van der Waals surface area contributed by atoms with Gasteiger partial charge < -0.3 is 10.6 Å². The zero-order chi connectivity index (χ0) is 13.1. The molecule has 2 N–H and O–H groups in total. The Labute approximate surface area is 115 Å². The molecule has 0 fully saturated rings. The Kier molecular flexibility index (Phi) is 3.93. The lowest BCUT2D eigenvalue weighted by molar-refractivity contribution is 0.645. The molecule has 0 saturated heterocycles. The van der Waals surface area contributed by atoms with Gasteiger partial charge in [0.25, 0.3) is 0 Å². The zero-order valence-electron chi connectivity index (χ0n) is 10.1. The molecule has 0 amide bonds. The molecule has 6 heteroatoms. The van der Waals surface area contributed by atoms with Gasteiger partial charge in [0.15, 0.2) is 0 Å². The summed E-state index contributed by atoms with van der Waals surface area (Å²) in [5.74, 6) is 0. The average molecular weight is 281 g/mol. The molecule has 1 aromatic heterocycles. The van der Waals surface area contributed by atoms with Gasteiger partial charge in [0.05, 0.1) is 6.34 Å². The minimum atomic E-state index is 0.457. The van der Waals surface area contributed by atoms with Gasteiger partial charge in [0.1, 0.15) is 5.15 Å². The van der Waals surface area contributed by atoms with Gasteiger partial charge in [0, 0.05) is 53.6 Å². The molecule has 0 aliphatic heterocycles. The third kappa shape index (κ3) is 2.86. The van der Waals surface area contributed by atoms with Crippen LogP contribution in [0.25, 0.3) is 10.8 Å². The molecule has 0 saturated carbocycles. The second-order valence-electron chi connectivity index (χ2n) is 3.99. The molecule has 0 radical (unpaired) electrons. The molecular formula is C12H13ClN4S. The van der Waals surface area contributed by atoms with Crippen molar-refractivity contribution >= 4 is 46.3 Å². The molecule has 18 heavy (non-hydrogen) atoms. The fraction of sp³-hybridized carbons (Fsp3) is 0.167. The Morgan fingerprint density at radius 2 is 2.17 bits per heavy atom. The van der Waals surface area contributed by atoms with Crippen LogP contribution in [-0.2, 0) is 0 Å². The number of nitrogen functional groups attached to an aromatic ring is 1. The van der Waals surface area contributed by atoms with E-state index in [9.17, 15) is 0 Å². The van der Waals surface area contributed by atoms with E-state index in [2.05, 4.69) is 9.38 Å². The average Bonchev–Trinajstić information content (AvgIpc) is 2.30. The number of benzene rings is 1. The van der Waals surface area contributed by atoms with E-state index in [0.717, 1.165) is 15.7 Å². The molecule has 2 rings (SSSR count). The van der Waals surface area contributed by atoms with Crippen LogP contribution in [0.2, 0.25) is 5.15 Å². The Bertz CT molecular complexity index is 598. The van der Waals surface area contributed by atoms with Gasteiger partial charge in [-0.15, -0.1) is 0 Å². The number of hydrogen-bond acceptors (Lipinski definition) is 4. The summed E-state index contributed by atoms with van der Waals surface area (Å²) in [5, 5.41) is 2.31. The van der Waals surface area contributed by atoms with Gasteiger partial charge in [0.2, 0.25) is 0 Å². The third-order valence-corrected chi connectivity index (χ3v) is 3.28. The number of halogens is 1. The van der Waals surface area contributed by atoms with Crippen LogP contribution in [0.1, 0.15) is 0 Å². The summed E-state index contributed by atoms with van der Waals surface area (Å²) in [4.78, 5) is 6.89. The van der Waals surface area contributed by atoms with Crippen LogP contribution in [0.5, 0.6) is 0 Å². The summed E-state index contributed by atoms with van der Waals surface area (Å²) in [7, 11) is 3.84. The molecule has 0 unspecified atom stereocenters. The highest BCUT2D eigenvalue weighted by Crippen LogP contribution is 2.33. The van der Waals surface area contributed by atoms with E-state index in [1.165, 1.54) is 11.9 Å². The predicted molar refractivity (Wildman–Crippen MR) is 79.2 cm³/mol. The molecule has 0 bridgehead atoms. The standard InChI is InChI=1S/C12H13ClN4S/c1-17(2)7-16-18-11-6-8(14)5-10-9(11)3-4-15-12(10)13/h3-7H,14H2,1-2H3/b16-7+. The molecule has 1 aromatic carbocycles. The minimum absolute atomic E-state index is 0.457. The number of hydrogen-bond donors (Lipinski definition) is 1. The van der Waals surface area contributed by atoms with Gasteiger partial charge in [-0.05, 0) is 18.2 Å². The Morgan fingerprint density at radius 3 is 2.89 bits per heavy atom. The van der Waals surface area contributed by atoms with Crippen LogP contribution >= 0.6 is 23.5 Å². The monoisotopic (exact) mass is 280 g/mol. The SMILES string of the molecule is CN(C)/C=N/Sc1cc(N)cc2c(Cl)nccc12. The smallest absolute Gasteiger partial charge is 0.136 e. The van der Waals surface area contributed by atoms with Crippen molar-refractivity contribution in [2.75, 3.05) is 19.8 Å². The Balaban J connectivity index is 2.46. The van der Waals surface area contributed by atoms with Crippen molar-refractivity contribution in [2.24, 2.45) is 4.40 Å². The maximum atomic E-state index is 6.06. The lowest BCUT2D eigenvalue weighted by Crippen LogP contribution is -2.06. The summed E-state index contributed by atoms with van der Waals surface area (Å²) in [6, 6.07) is 5.62. The molecule has 1 heterocycles. The lowest BCUT2D eigenvalue weighted by atomic mass is 10.1. The molecule has 0 atom stereocenters. The summed E-state index contributed by atoms with van der Waals surface area (Å²) in [6.45, 7) is 0. The molecule has 0 spiro atoms. The summed E-state index contributed by atoms with van der Waals surface area (Å²) < 4.78 is 4.26. The van der Waals surface area contributed by atoms with Crippen molar-refractivity contribution in [2.45, 2.75) is 4.90 Å². The number of nitrogens with two attached hydrogens (primary N) is 1. The van der Waals surface area contributed by atoms with Crippen LogP contribution < -0.4 is 5.73 Å². The topological polar surface area (TPSA) is 54.5 Å². The first-order valence-electron chi connectivity index (χ1n) is 5.28. The molecular weight excluding hydrogens is 268 g/mol. The minimum Gasteiger partial charge on any atom is -0.399 e. The Hall–Kier alpha value is -1.46. The predicted octanol–water partition coefficient (Wildman–Crippen LogP) is 3.07. The van der Waals surface area contributed by atoms with Gasteiger partial charge in [-0.3, -0.25) is 0 Å². The van der Waals surface area contributed by atoms with Crippen LogP contribution in [0.15, 0.2) is 33.7 Å². The highest BCUT2D eigenvalue weighted by molar-refractivity contribution is 7.98. The molecule has 0 aliphatic carbocycles. The van der Waals surface area contributed by atoms with Crippen molar-refractivity contribution in [3.8, 4) is 0 Å². The number of nitrogens with zero attached hydrogens (tertiary/aromatic N) is 3. The van der Waals surface area contributed by atoms with Crippen molar-refractivity contribution in [1.29, 1.82) is 0 Å². The molecule has 4 nitrogen and oxygen atoms in total. The van der Waals surface area contributed by atoms with E-state index in [-0.39, 0.29) is 0 Å². The third-order valence-electron chi connectivity index (χ3n) is 2.24. The van der Waals surface area contributed by atoms with E-state index < -0.39 is 0 Å². The number of fused-ring (bicyclic) bond motifs is 1. The maximum Gasteiger partial charge on any atom is 0.136 e. The van der Waals surface area contributed by atoms with E-state index in [0.29, 0.717) is 10.8 Å². The first-order chi connectivity index (χ1) is 8.58. The van der Waals surface area contributed by atoms with Gasteiger partial charge >= 0.3 is 0 Å². The van der Waals surface area contributed by atoms with E-state index in [1.807, 2.05) is 37.2 Å². The van der Waals surface area contributed by atoms with Crippen LogP contribution in [-0.4, -0.2) is 30.3 Å². The van der Waals surface area contributed by atoms with Crippen LogP contribution in [0.3, 0.4) is 0 Å². The lowest BCUT2D eigenvalue weighted by Gasteiger charge is -2.07. The largest absolute Gasteiger partial charge is 0.399 e. The van der Waals surface area contributed by atoms with Crippen LogP contribution in [0, 0.1) is 0 Å². The zero-order valence-corrected chi connectivity index (χ0v) is 11.7. The quantitative estimate of drug-likeness (QED) is 0.309. The highest BCUT2D eigenvalue weighted by Gasteiger charge is 2.06. The maximum absolute atomic E-state index is 6.06. The number of pyridine rings is 1. The van der Waals surface area contributed by atoms with E-state index in [4.69, 9.17) is 17.3 Å². The van der Waals surface area contributed by atoms with E-state index in [1.54, 1.807) is 12.5 Å². The first kappa shape index (κ1) is 13.0. The molecule has 94 valence electrons. The van der Waals surface area contributed by atoms with Crippen molar-refractivity contribution < 1.29 is 0 Å². The summed E-state index contributed by atoms with van der Waals surface area (Å²) >= 11 is 7.43. The fourth-order valence-electron chi connectivity index (χ4n) is 1.49. The molecule has 2 aromatic rings. The normalized spacial score (nSPS) is 11.3. The van der Waals surface area contributed by atoms with Gasteiger partial charge in [-0.2, -0.15) is 0 Å². The van der Waals surface area contributed by atoms with E-state index >= 15 is 0 Å². The summed E-state index contributed by atoms with van der Waals surface area (Å²) in [5.41, 5.74) is 6.52. The number of aromatic nitrogens is 1. The fourth-order valence-corrected chi connectivity index (χ4v) is 2.51. The summed E-state index contributed by atoms with van der Waals surface area (Å²) in [6.07, 6.45) is 3.42. The van der Waals surface area contributed by atoms with Crippen molar-refractivity contribution in [3.63, 3.8) is 0 Å². The number of rotatable bonds is 3. The first-order valence-corrected chi connectivity index (χ1v) is 6.44. The van der Waals surface area contributed by atoms with Crippen molar-refractivity contribution in [1.82, 2.24) is 9.88 Å². The highest BCUT2D eigenvalue weighted by atomic mass is 35.5. The second kappa shape index (κ2) is 5.46. The second-order valence-corrected chi connectivity index (χ2v) is 5.18. The number of anilines is 1. The van der Waals surface area contributed by atoms with Crippen molar-refractivity contribution in [3.05, 3.63) is 29.5 Å². The van der Waals surface area contributed by atoms with Crippen LogP contribution in [0.4, 0.5) is 5.69 Å². The molecule has 0 aliphatic rings. The Morgan fingerprint density at radius 1 is 1.39 bits per heavy atom. The van der Waals surface area contributed by atoms with Gasteiger partial charge in [-0.25, -0.2) is 9.38 Å². The van der Waals surface area contributed by atoms with Gasteiger partial charge in [-0.1, -0.05) is 11.6 Å².